The van der Waals surface area contributed by atoms with Crippen LogP contribution in [0.4, 0.5) is 13.2 Å². The van der Waals surface area contributed by atoms with Crippen LogP contribution in [0.1, 0.15) is 5.56 Å². The Bertz CT molecular complexity index is 474. The minimum absolute atomic E-state index is 0.0311. The first-order chi connectivity index (χ1) is 8.33. The zero-order valence-electron chi connectivity index (χ0n) is 8.59. The van der Waals surface area contributed by atoms with Crippen molar-refractivity contribution in [3.05, 3.63) is 21.8 Å². The Labute approximate surface area is 110 Å². The van der Waals surface area contributed by atoms with Gasteiger partial charge in [0, 0.05) is 0 Å². The molecule has 1 heterocycles. The van der Waals surface area contributed by atoms with Crippen molar-refractivity contribution in [3.8, 4) is 11.9 Å². The fourth-order valence-electron chi connectivity index (χ4n) is 0.937. The maximum absolute atomic E-state index is 11.7. The van der Waals surface area contributed by atoms with Crippen molar-refractivity contribution in [1.29, 1.82) is 5.26 Å². The van der Waals surface area contributed by atoms with Gasteiger partial charge in [-0.05, 0) is 6.07 Å². The highest BCUT2D eigenvalue weighted by molar-refractivity contribution is 6.41. The molecule has 9 heteroatoms. The molecule has 0 saturated heterocycles. The van der Waals surface area contributed by atoms with E-state index in [-0.39, 0.29) is 21.6 Å². The average Bonchev–Trinajstić information content (AvgIpc) is 2.27. The highest BCUT2D eigenvalue weighted by Gasteiger charge is 2.28. The summed E-state index contributed by atoms with van der Waals surface area (Å²) < 4.78 is 43.3. The normalized spacial score (nSPS) is 11.1. The standard InChI is InChI=1S/C9H5Cl2F3N2O2/c10-6-3-5(4-15)8(16-7(6)11)17-1-2-18-9(12,13)14/h3H,1-2H2. The monoisotopic (exact) mass is 300 g/mol. The molecule has 0 spiro atoms. The van der Waals surface area contributed by atoms with Gasteiger partial charge in [-0.25, -0.2) is 0 Å². The van der Waals surface area contributed by atoms with Gasteiger partial charge in [0.15, 0.2) is 5.15 Å². The molecule has 0 atom stereocenters. The molecular weight excluding hydrogens is 296 g/mol. The number of ether oxygens (including phenoxy) is 2. The van der Waals surface area contributed by atoms with Crippen LogP contribution in [0.25, 0.3) is 0 Å². The van der Waals surface area contributed by atoms with Gasteiger partial charge < -0.3 is 4.74 Å². The summed E-state index contributed by atoms with van der Waals surface area (Å²) in [6.45, 7) is -1.16. The fraction of sp³-hybridized carbons (Fsp3) is 0.333. The summed E-state index contributed by atoms with van der Waals surface area (Å²) in [4.78, 5) is 3.63. The third kappa shape index (κ3) is 4.56. The number of aromatic nitrogens is 1. The lowest BCUT2D eigenvalue weighted by Crippen LogP contribution is -2.18. The molecule has 0 N–H and O–H groups in total. The second-order valence-electron chi connectivity index (χ2n) is 2.87. The van der Waals surface area contributed by atoms with Crippen LogP contribution in [0.15, 0.2) is 6.07 Å². The van der Waals surface area contributed by atoms with Gasteiger partial charge in [-0.1, -0.05) is 23.2 Å². The molecule has 0 aromatic carbocycles. The predicted molar refractivity (Wildman–Crippen MR) is 56.5 cm³/mol. The third-order valence-corrected chi connectivity index (χ3v) is 2.28. The molecule has 1 aromatic rings. The van der Waals surface area contributed by atoms with Gasteiger partial charge in [0.25, 0.3) is 0 Å². The lowest BCUT2D eigenvalue weighted by atomic mass is 10.3. The van der Waals surface area contributed by atoms with Gasteiger partial charge in [-0.15, -0.1) is 13.2 Å². The van der Waals surface area contributed by atoms with E-state index < -0.39 is 19.6 Å². The fourth-order valence-corrected chi connectivity index (χ4v) is 1.22. The maximum Gasteiger partial charge on any atom is 0.522 e. The Morgan fingerprint density at radius 1 is 1.33 bits per heavy atom. The molecule has 0 unspecified atom stereocenters. The minimum atomic E-state index is -4.73. The van der Waals surface area contributed by atoms with Crippen LogP contribution >= 0.6 is 23.2 Å². The van der Waals surface area contributed by atoms with E-state index in [1.165, 1.54) is 6.07 Å². The zero-order chi connectivity index (χ0) is 13.8. The molecule has 0 aliphatic rings. The molecule has 98 valence electrons. The van der Waals surface area contributed by atoms with E-state index in [1.807, 2.05) is 0 Å². The van der Waals surface area contributed by atoms with Crippen molar-refractivity contribution >= 4 is 23.2 Å². The van der Waals surface area contributed by atoms with Gasteiger partial charge in [0.1, 0.15) is 18.2 Å². The molecule has 0 fully saturated rings. The van der Waals surface area contributed by atoms with Gasteiger partial charge in [-0.3, -0.25) is 4.74 Å². The SMILES string of the molecule is N#Cc1cc(Cl)c(Cl)nc1OCCOC(F)(F)F. The number of alkyl halides is 3. The smallest absolute Gasteiger partial charge is 0.474 e. The van der Waals surface area contributed by atoms with Crippen LogP contribution in [0, 0.1) is 11.3 Å². The molecule has 18 heavy (non-hydrogen) atoms. The summed E-state index contributed by atoms with van der Waals surface area (Å²) in [5, 5.41) is 8.68. The van der Waals surface area contributed by atoms with Crippen molar-refractivity contribution in [3.63, 3.8) is 0 Å². The summed E-state index contributed by atoms with van der Waals surface area (Å²) in [7, 11) is 0. The highest BCUT2D eigenvalue weighted by Crippen LogP contribution is 2.26. The van der Waals surface area contributed by atoms with E-state index in [0.29, 0.717) is 0 Å². The Morgan fingerprint density at radius 2 is 2.00 bits per heavy atom. The molecule has 1 rings (SSSR count). The van der Waals surface area contributed by atoms with E-state index in [0.717, 1.165) is 0 Å². The molecule has 0 bridgehead atoms. The van der Waals surface area contributed by atoms with Crippen molar-refractivity contribution in [2.75, 3.05) is 13.2 Å². The zero-order valence-corrected chi connectivity index (χ0v) is 10.1. The molecule has 0 aliphatic carbocycles. The second kappa shape index (κ2) is 6.09. The number of nitrogens with zero attached hydrogens (tertiary/aromatic N) is 2. The quantitative estimate of drug-likeness (QED) is 0.633. The van der Waals surface area contributed by atoms with Gasteiger partial charge in [-0.2, -0.15) is 10.2 Å². The van der Waals surface area contributed by atoms with Crippen LogP contribution in [0.3, 0.4) is 0 Å². The molecule has 0 saturated carbocycles. The van der Waals surface area contributed by atoms with Crippen molar-refractivity contribution < 1.29 is 22.6 Å². The number of hydrogen-bond acceptors (Lipinski definition) is 4. The van der Waals surface area contributed by atoms with Crippen LogP contribution in [-0.2, 0) is 4.74 Å². The second-order valence-corrected chi connectivity index (χ2v) is 3.63. The Balaban J connectivity index is 2.63. The summed E-state index contributed by atoms with van der Waals surface area (Å²) >= 11 is 11.2. The number of hydrogen-bond donors (Lipinski definition) is 0. The average molecular weight is 301 g/mol. The van der Waals surface area contributed by atoms with Crippen molar-refractivity contribution in [1.82, 2.24) is 4.98 Å². The highest BCUT2D eigenvalue weighted by atomic mass is 35.5. The lowest BCUT2D eigenvalue weighted by molar-refractivity contribution is -0.325. The van der Waals surface area contributed by atoms with Crippen molar-refractivity contribution in [2.24, 2.45) is 0 Å². The van der Waals surface area contributed by atoms with E-state index in [4.69, 9.17) is 33.2 Å². The first kappa shape index (κ1) is 14.8. The summed E-state index contributed by atoms with van der Waals surface area (Å²) in [6.07, 6.45) is -4.73. The molecule has 0 amide bonds. The van der Waals surface area contributed by atoms with E-state index in [1.54, 1.807) is 6.07 Å². The molecule has 0 aliphatic heterocycles. The molecule has 4 nitrogen and oxygen atoms in total. The number of nitriles is 1. The third-order valence-electron chi connectivity index (χ3n) is 1.61. The summed E-state index contributed by atoms with van der Waals surface area (Å²) in [6, 6.07) is 2.93. The van der Waals surface area contributed by atoms with Gasteiger partial charge >= 0.3 is 6.36 Å². The predicted octanol–water partition coefficient (Wildman–Crippen LogP) is 3.18. The summed E-state index contributed by atoms with van der Waals surface area (Å²) in [5.41, 5.74) is -0.0311. The minimum Gasteiger partial charge on any atom is -0.474 e. The maximum atomic E-state index is 11.7. The van der Waals surface area contributed by atoms with Gasteiger partial charge in [0.2, 0.25) is 5.88 Å². The van der Waals surface area contributed by atoms with Crippen LogP contribution in [0.2, 0.25) is 10.2 Å². The molecule has 0 radical (unpaired) electrons. The van der Waals surface area contributed by atoms with Gasteiger partial charge in [0.05, 0.1) is 11.6 Å². The number of rotatable bonds is 4. The molecule has 1 aromatic heterocycles. The Kier molecular flexibility index (Phi) is 5.02. The summed E-state index contributed by atoms with van der Waals surface area (Å²) in [5.74, 6) is -0.197. The lowest BCUT2D eigenvalue weighted by Gasteiger charge is -2.09. The number of pyridine rings is 1. The first-order valence-electron chi connectivity index (χ1n) is 4.43. The van der Waals surface area contributed by atoms with E-state index in [9.17, 15) is 13.2 Å². The largest absolute Gasteiger partial charge is 0.522 e. The van der Waals surface area contributed by atoms with E-state index >= 15 is 0 Å². The van der Waals surface area contributed by atoms with Crippen LogP contribution in [-0.4, -0.2) is 24.6 Å². The Morgan fingerprint density at radius 3 is 2.56 bits per heavy atom. The first-order valence-corrected chi connectivity index (χ1v) is 5.18. The van der Waals surface area contributed by atoms with E-state index in [2.05, 4.69) is 9.72 Å². The number of halogens is 5. The van der Waals surface area contributed by atoms with Crippen LogP contribution < -0.4 is 4.74 Å². The van der Waals surface area contributed by atoms with Crippen LogP contribution in [0.5, 0.6) is 5.88 Å². The Hall–Kier alpha value is -1.23. The topological polar surface area (TPSA) is 55.1 Å². The molecular formula is C9H5Cl2F3N2O2. The van der Waals surface area contributed by atoms with Crippen molar-refractivity contribution in [2.45, 2.75) is 6.36 Å².